The van der Waals surface area contributed by atoms with Gasteiger partial charge in [-0.15, -0.1) is 11.8 Å². The number of anilines is 1. The molecule has 2 nitrogen and oxygen atoms in total. The molecule has 0 aliphatic carbocycles. The van der Waals surface area contributed by atoms with E-state index in [1.807, 2.05) is 6.92 Å². The van der Waals surface area contributed by atoms with Crippen molar-refractivity contribution in [1.29, 1.82) is 0 Å². The molecular weight excluding hydrogens is 302 g/mol. The van der Waals surface area contributed by atoms with Crippen molar-refractivity contribution in [2.75, 3.05) is 5.32 Å². The first-order valence-corrected chi connectivity index (χ1v) is 9.08. The summed E-state index contributed by atoms with van der Waals surface area (Å²) in [6.45, 7) is 8.27. The van der Waals surface area contributed by atoms with Crippen molar-refractivity contribution < 1.29 is 4.79 Å². The van der Waals surface area contributed by atoms with Gasteiger partial charge in [0, 0.05) is 10.6 Å². The molecule has 0 heterocycles. The van der Waals surface area contributed by atoms with Crippen LogP contribution in [0, 0.1) is 6.92 Å². The lowest BCUT2D eigenvalue weighted by Gasteiger charge is -2.17. The Kier molecular flexibility index (Phi) is 6.28. The van der Waals surface area contributed by atoms with E-state index in [0.29, 0.717) is 0 Å². The van der Waals surface area contributed by atoms with E-state index < -0.39 is 0 Å². The van der Waals surface area contributed by atoms with Gasteiger partial charge in [0.05, 0.1) is 5.25 Å². The fourth-order valence-corrected chi connectivity index (χ4v) is 3.37. The molecule has 1 unspecified atom stereocenters. The highest BCUT2D eigenvalue weighted by molar-refractivity contribution is 8.00. The second-order valence-corrected chi connectivity index (χ2v) is 7.13. The van der Waals surface area contributed by atoms with Crippen molar-refractivity contribution in [1.82, 2.24) is 0 Å². The predicted molar refractivity (Wildman–Crippen MR) is 100 cm³/mol. The smallest absolute Gasteiger partial charge is 0.237 e. The van der Waals surface area contributed by atoms with Gasteiger partial charge in [-0.25, -0.2) is 0 Å². The van der Waals surface area contributed by atoms with Crippen molar-refractivity contribution in [2.24, 2.45) is 0 Å². The number of hydrogen-bond donors (Lipinski definition) is 1. The van der Waals surface area contributed by atoms with Crippen LogP contribution in [0.25, 0.3) is 0 Å². The number of rotatable bonds is 6. The zero-order valence-corrected chi connectivity index (χ0v) is 15.2. The van der Waals surface area contributed by atoms with Crippen LogP contribution >= 0.6 is 11.8 Å². The second kappa shape index (κ2) is 8.21. The monoisotopic (exact) mass is 327 g/mol. The Morgan fingerprint density at radius 1 is 1.04 bits per heavy atom. The topological polar surface area (TPSA) is 29.1 Å². The number of benzene rings is 2. The molecule has 1 N–H and O–H groups in total. The number of para-hydroxylation sites is 1. The number of carbonyl (C=O) groups is 1. The summed E-state index contributed by atoms with van der Waals surface area (Å²) in [6, 6.07) is 14.5. The van der Waals surface area contributed by atoms with Crippen LogP contribution < -0.4 is 5.32 Å². The predicted octanol–water partition coefficient (Wildman–Crippen LogP) is 5.24. The Morgan fingerprint density at radius 3 is 2.13 bits per heavy atom. The van der Waals surface area contributed by atoms with Crippen molar-refractivity contribution in [3.63, 3.8) is 0 Å². The molecule has 122 valence electrons. The normalized spacial score (nSPS) is 12.0. The lowest BCUT2D eigenvalue weighted by Crippen LogP contribution is -2.23. The SMILES string of the molecule is CCc1cccc(CC)c1NC(=O)C(C)Sc1ccc(C)cc1. The van der Waals surface area contributed by atoms with Crippen molar-refractivity contribution >= 4 is 23.4 Å². The highest BCUT2D eigenvalue weighted by atomic mass is 32.2. The maximum Gasteiger partial charge on any atom is 0.237 e. The first-order valence-electron chi connectivity index (χ1n) is 8.20. The number of amides is 1. The molecular formula is C20H25NOS. The van der Waals surface area contributed by atoms with E-state index in [1.165, 1.54) is 16.7 Å². The molecule has 0 bridgehead atoms. The lowest BCUT2D eigenvalue weighted by atomic mass is 10.0. The van der Waals surface area contributed by atoms with Gasteiger partial charge in [0.2, 0.25) is 5.91 Å². The second-order valence-electron chi connectivity index (χ2n) is 5.72. The van der Waals surface area contributed by atoms with Crippen LogP contribution in [0.3, 0.4) is 0 Å². The van der Waals surface area contributed by atoms with Gasteiger partial charge >= 0.3 is 0 Å². The van der Waals surface area contributed by atoms with Crippen LogP contribution in [-0.2, 0) is 17.6 Å². The molecule has 0 radical (unpaired) electrons. The Balaban J connectivity index is 2.10. The molecule has 0 aromatic heterocycles. The quantitative estimate of drug-likeness (QED) is 0.735. The molecule has 3 heteroatoms. The van der Waals surface area contributed by atoms with E-state index >= 15 is 0 Å². The van der Waals surface area contributed by atoms with Crippen molar-refractivity contribution in [3.05, 3.63) is 59.2 Å². The molecule has 0 saturated heterocycles. The van der Waals surface area contributed by atoms with E-state index in [1.54, 1.807) is 11.8 Å². The van der Waals surface area contributed by atoms with E-state index in [2.05, 4.69) is 68.6 Å². The van der Waals surface area contributed by atoms with Crippen LogP contribution in [0.1, 0.15) is 37.5 Å². The molecule has 0 aliphatic rings. The maximum absolute atomic E-state index is 12.6. The fraction of sp³-hybridized carbons (Fsp3) is 0.350. The van der Waals surface area contributed by atoms with Gasteiger partial charge in [-0.1, -0.05) is 49.7 Å². The summed E-state index contributed by atoms with van der Waals surface area (Å²) in [4.78, 5) is 13.7. The summed E-state index contributed by atoms with van der Waals surface area (Å²) in [7, 11) is 0. The average molecular weight is 327 g/mol. The minimum atomic E-state index is -0.132. The standard InChI is InChI=1S/C20H25NOS/c1-5-16-8-7-9-17(6-2)19(16)21-20(22)15(4)23-18-12-10-14(3)11-13-18/h7-13,15H,5-6H2,1-4H3,(H,21,22). The Morgan fingerprint density at radius 2 is 1.61 bits per heavy atom. The summed E-state index contributed by atoms with van der Waals surface area (Å²) in [5.74, 6) is 0.0613. The van der Waals surface area contributed by atoms with Gasteiger partial charge in [0.15, 0.2) is 0 Å². The van der Waals surface area contributed by atoms with Gasteiger partial charge in [0.1, 0.15) is 0 Å². The molecule has 1 amide bonds. The molecule has 1 atom stereocenters. The first-order chi connectivity index (χ1) is 11.0. The Labute approximate surface area is 143 Å². The average Bonchev–Trinajstić information content (AvgIpc) is 2.56. The highest BCUT2D eigenvalue weighted by Crippen LogP contribution is 2.27. The fourth-order valence-electron chi connectivity index (χ4n) is 2.50. The van der Waals surface area contributed by atoms with Gasteiger partial charge in [-0.3, -0.25) is 4.79 Å². The van der Waals surface area contributed by atoms with Gasteiger partial charge in [-0.05, 0) is 49.9 Å². The summed E-state index contributed by atoms with van der Waals surface area (Å²) in [6.07, 6.45) is 1.84. The molecule has 0 saturated carbocycles. The van der Waals surface area contributed by atoms with E-state index in [4.69, 9.17) is 0 Å². The highest BCUT2D eigenvalue weighted by Gasteiger charge is 2.17. The third kappa shape index (κ3) is 4.61. The zero-order valence-electron chi connectivity index (χ0n) is 14.3. The summed E-state index contributed by atoms with van der Waals surface area (Å²) in [5, 5.41) is 3.02. The van der Waals surface area contributed by atoms with E-state index in [0.717, 1.165) is 23.4 Å². The van der Waals surface area contributed by atoms with Crippen molar-refractivity contribution in [2.45, 2.75) is 50.7 Å². The van der Waals surface area contributed by atoms with E-state index in [9.17, 15) is 4.79 Å². The van der Waals surface area contributed by atoms with Crippen molar-refractivity contribution in [3.8, 4) is 0 Å². The molecule has 0 aliphatic heterocycles. The van der Waals surface area contributed by atoms with Crippen LogP contribution in [0.4, 0.5) is 5.69 Å². The number of aryl methyl sites for hydroxylation is 3. The molecule has 0 spiro atoms. The first kappa shape index (κ1) is 17.6. The minimum absolute atomic E-state index is 0.0613. The van der Waals surface area contributed by atoms with Gasteiger partial charge in [-0.2, -0.15) is 0 Å². The molecule has 2 rings (SSSR count). The maximum atomic E-state index is 12.6. The van der Waals surface area contributed by atoms with Crippen LogP contribution in [0.5, 0.6) is 0 Å². The molecule has 2 aromatic rings. The zero-order chi connectivity index (χ0) is 16.8. The summed E-state index contributed by atoms with van der Waals surface area (Å²) >= 11 is 1.59. The number of hydrogen-bond acceptors (Lipinski definition) is 2. The van der Waals surface area contributed by atoms with Gasteiger partial charge < -0.3 is 5.32 Å². The van der Waals surface area contributed by atoms with Gasteiger partial charge in [0.25, 0.3) is 0 Å². The van der Waals surface area contributed by atoms with Crippen LogP contribution in [0.15, 0.2) is 47.4 Å². The number of carbonyl (C=O) groups excluding carboxylic acids is 1. The largest absolute Gasteiger partial charge is 0.325 e. The third-order valence-corrected chi connectivity index (χ3v) is 5.06. The lowest BCUT2D eigenvalue weighted by molar-refractivity contribution is -0.115. The Bertz CT molecular complexity index is 642. The molecule has 0 fully saturated rings. The van der Waals surface area contributed by atoms with Crippen LogP contribution in [-0.4, -0.2) is 11.2 Å². The molecule has 2 aromatic carbocycles. The molecule has 23 heavy (non-hydrogen) atoms. The number of nitrogens with one attached hydrogen (secondary N) is 1. The minimum Gasteiger partial charge on any atom is -0.325 e. The van der Waals surface area contributed by atoms with Crippen LogP contribution in [0.2, 0.25) is 0 Å². The Hall–Kier alpha value is -1.74. The summed E-state index contributed by atoms with van der Waals surface area (Å²) in [5.41, 5.74) is 4.63. The number of thioether (sulfide) groups is 1. The third-order valence-electron chi connectivity index (χ3n) is 3.95. The summed E-state index contributed by atoms with van der Waals surface area (Å²) < 4.78 is 0. The van der Waals surface area contributed by atoms with E-state index in [-0.39, 0.29) is 11.2 Å².